The van der Waals surface area contributed by atoms with Gasteiger partial charge in [0.05, 0.1) is 0 Å². The number of carbonyl (C=O) groups is 1. The van der Waals surface area contributed by atoms with Crippen LogP contribution in [0.25, 0.3) is 5.65 Å². The second kappa shape index (κ2) is 3.45. The molecule has 0 fully saturated rings. The Morgan fingerprint density at radius 2 is 2.25 bits per heavy atom. The van der Waals surface area contributed by atoms with Crippen molar-refractivity contribution >= 4 is 23.2 Å². The Bertz CT molecular complexity index is 562. The molecule has 0 unspecified atom stereocenters. The largest absolute Gasteiger partial charge is 0.481 e. The van der Waals surface area contributed by atoms with Crippen molar-refractivity contribution in [2.75, 3.05) is 0 Å². The summed E-state index contributed by atoms with van der Waals surface area (Å²) in [5.74, 6) is -0.697. The van der Waals surface area contributed by atoms with Crippen molar-refractivity contribution < 1.29 is 9.90 Å². The lowest BCUT2D eigenvalue weighted by Crippen LogP contribution is -2.30. The van der Waals surface area contributed by atoms with Crippen molar-refractivity contribution in [3.8, 4) is 0 Å². The Balaban J connectivity index is 2.59. The summed E-state index contributed by atoms with van der Waals surface area (Å²) < 4.78 is 1.51. The van der Waals surface area contributed by atoms with Gasteiger partial charge in [0.15, 0.2) is 11.5 Å². The fourth-order valence-electron chi connectivity index (χ4n) is 1.22. The third kappa shape index (κ3) is 1.63. The number of rotatable bonds is 2. The van der Waals surface area contributed by atoms with Crippen molar-refractivity contribution in [1.29, 1.82) is 0 Å². The predicted molar refractivity (Wildman–Crippen MR) is 58.7 cm³/mol. The molecule has 0 bridgehead atoms. The molecule has 0 aliphatic rings. The zero-order valence-corrected chi connectivity index (χ0v) is 9.56. The number of carboxylic acids is 1. The maximum absolute atomic E-state index is 11.0. The van der Waals surface area contributed by atoms with Gasteiger partial charge in [0.1, 0.15) is 5.41 Å². The number of nitrogens with zero attached hydrogens (tertiary/aromatic N) is 3. The molecule has 0 spiro atoms. The molecule has 0 aliphatic carbocycles. The highest BCUT2D eigenvalue weighted by atomic mass is 35.5. The monoisotopic (exact) mass is 239 g/mol. The minimum atomic E-state index is -1.11. The van der Waals surface area contributed by atoms with Crippen molar-refractivity contribution in [2.45, 2.75) is 19.3 Å². The highest BCUT2D eigenvalue weighted by molar-refractivity contribution is 6.30. The van der Waals surface area contributed by atoms with E-state index in [1.54, 1.807) is 32.2 Å². The van der Waals surface area contributed by atoms with Crippen LogP contribution in [0.2, 0.25) is 5.02 Å². The van der Waals surface area contributed by atoms with Crippen LogP contribution in [-0.2, 0) is 10.2 Å². The molecule has 0 atom stereocenters. The molecule has 16 heavy (non-hydrogen) atoms. The summed E-state index contributed by atoms with van der Waals surface area (Å²) in [6, 6.07) is 3.30. The topological polar surface area (TPSA) is 67.5 Å². The lowest BCUT2D eigenvalue weighted by atomic mass is 9.93. The summed E-state index contributed by atoms with van der Waals surface area (Å²) in [5, 5.41) is 13.7. The molecular weight excluding hydrogens is 230 g/mol. The van der Waals surface area contributed by atoms with Crippen LogP contribution in [0.15, 0.2) is 18.3 Å². The number of hydrogen-bond donors (Lipinski definition) is 1. The summed E-state index contributed by atoms with van der Waals surface area (Å²) in [4.78, 5) is 15.2. The zero-order valence-electron chi connectivity index (χ0n) is 8.81. The highest BCUT2D eigenvalue weighted by Crippen LogP contribution is 2.21. The molecule has 0 aliphatic heterocycles. The second-order valence-corrected chi connectivity index (χ2v) is 4.45. The fraction of sp³-hybridized carbons (Fsp3) is 0.300. The van der Waals surface area contributed by atoms with Gasteiger partial charge in [-0.25, -0.2) is 9.50 Å². The molecule has 2 aromatic heterocycles. The smallest absolute Gasteiger partial charge is 0.316 e. The number of halogens is 1. The van der Waals surface area contributed by atoms with Gasteiger partial charge in [-0.15, -0.1) is 0 Å². The van der Waals surface area contributed by atoms with Gasteiger partial charge >= 0.3 is 5.97 Å². The third-order valence-electron chi connectivity index (χ3n) is 2.39. The normalized spacial score (nSPS) is 11.9. The van der Waals surface area contributed by atoms with Crippen LogP contribution < -0.4 is 0 Å². The molecule has 5 nitrogen and oxygen atoms in total. The zero-order chi connectivity index (χ0) is 11.9. The maximum Gasteiger partial charge on any atom is 0.316 e. The minimum Gasteiger partial charge on any atom is -0.481 e. The molecule has 0 amide bonds. The number of aromatic nitrogens is 3. The third-order valence-corrected chi connectivity index (χ3v) is 2.63. The van der Waals surface area contributed by atoms with Gasteiger partial charge < -0.3 is 5.11 Å². The van der Waals surface area contributed by atoms with Gasteiger partial charge in [-0.2, -0.15) is 5.10 Å². The van der Waals surface area contributed by atoms with Crippen LogP contribution in [0, 0.1) is 0 Å². The van der Waals surface area contributed by atoms with E-state index in [9.17, 15) is 4.79 Å². The van der Waals surface area contributed by atoms with Gasteiger partial charge in [0.2, 0.25) is 0 Å². The lowest BCUT2D eigenvalue weighted by molar-refractivity contribution is -0.142. The molecule has 0 aromatic carbocycles. The van der Waals surface area contributed by atoms with E-state index in [0.717, 1.165) is 0 Å². The lowest BCUT2D eigenvalue weighted by Gasteiger charge is -2.13. The van der Waals surface area contributed by atoms with E-state index < -0.39 is 11.4 Å². The predicted octanol–water partition coefficient (Wildman–Crippen LogP) is 1.74. The molecule has 1 N–H and O–H groups in total. The summed E-state index contributed by atoms with van der Waals surface area (Å²) in [6.07, 6.45) is 1.64. The second-order valence-electron chi connectivity index (χ2n) is 4.01. The van der Waals surface area contributed by atoms with Gasteiger partial charge in [-0.3, -0.25) is 4.79 Å². The SMILES string of the molecule is CC(C)(C(=O)O)c1nc2cc(Cl)ccn2n1. The van der Waals surface area contributed by atoms with Gasteiger partial charge in [0, 0.05) is 17.3 Å². The van der Waals surface area contributed by atoms with Crippen LogP contribution in [0.3, 0.4) is 0 Å². The first-order valence-corrected chi connectivity index (χ1v) is 5.05. The van der Waals surface area contributed by atoms with E-state index in [0.29, 0.717) is 10.7 Å². The number of fused-ring (bicyclic) bond motifs is 1. The molecule has 2 aromatic rings. The molecule has 6 heteroatoms. The number of carboxylic acid groups (broad SMARTS) is 1. The molecule has 0 saturated carbocycles. The van der Waals surface area contributed by atoms with Gasteiger partial charge in [0.25, 0.3) is 0 Å². The summed E-state index contributed by atoms with van der Waals surface area (Å²) in [6.45, 7) is 3.12. The number of aliphatic carboxylic acids is 1. The molecule has 84 valence electrons. The Morgan fingerprint density at radius 1 is 1.56 bits per heavy atom. The van der Waals surface area contributed by atoms with Crippen molar-refractivity contribution in [3.63, 3.8) is 0 Å². The fourth-order valence-corrected chi connectivity index (χ4v) is 1.37. The van der Waals surface area contributed by atoms with Gasteiger partial charge in [-0.05, 0) is 19.9 Å². The van der Waals surface area contributed by atoms with Crippen LogP contribution >= 0.6 is 11.6 Å². The number of pyridine rings is 1. The van der Waals surface area contributed by atoms with Gasteiger partial charge in [-0.1, -0.05) is 11.6 Å². The van der Waals surface area contributed by atoms with Crippen molar-refractivity contribution in [1.82, 2.24) is 14.6 Å². The van der Waals surface area contributed by atoms with E-state index in [1.165, 1.54) is 4.52 Å². The summed E-state index contributed by atoms with van der Waals surface area (Å²) in [7, 11) is 0. The van der Waals surface area contributed by atoms with Crippen molar-refractivity contribution in [3.05, 3.63) is 29.2 Å². The first-order valence-electron chi connectivity index (χ1n) is 4.67. The summed E-state index contributed by atoms with van der Waals surface area (Å²) in [5.41, 5.74) is -0.574. The van der Waals surface area contributed by atoms with Crippen LogP contribution in [0.4, 0.5) is 0 Å². The van der Waals surface area contributed by atoms with E-state index >= 15 is 0 Å². The Kier molecular flexibility index (Phi) is 2.35. The first kappa shape index (κ1) is 10.9. The number of hydrogen-bond acceptors (Lipinski definition) is 3. The minimum absolute atomic E-state index is 0.266. The van der Waals surface area contributed by atoms with Crippen LogP contribution in [0.5, 0.6) is 0 Å². The summed E-state index contributed by atoms with van der Waals surface area (Å²) >= 11 is 5.81. The average molecular weight is 240 g/mol. The highest BCUT2D eigenvalue weighted by Gasteiger charge is 2.34. The van der Waals surface area contributed by atoms with Crippen molar-refractivity contribution in [2.24, 2.45) is 0 Å². The maximum atomic E-state index is 11.0. The van der Waals surface area contributed by atoms with E-state index in [2.05, 4.69) is 10.1 Å². The molecule has 2 heterocycles. The van der Waals surface area contributed by atoms with E-state index in [1.807, 2.05) is 0 Å². The Labute approximate surface area is 96.7 Å². The molecular formula is C10H10ClN3O2. The molecule has 2 rings (SSSR count). The van der Waals surface area contributed by atoms with E-state index in [4.69, 9.17) is 16.7 Å². The Hall–Kier alpha value is -1.62. The molecule has 0 saturated heterocycles. The van der Waals surface area contributed by atoms with Crippen LogP contribution in [-0.4, -0.2) is 25.7 Å². The quantitative estimate of drug-likeness (QED) is 0.867. The molecule has 0 radical (unpaired) electrons. The first-order chi connectivity index (χ1) is 7.41. The standard InChI is InChI=1S/C10H10ClN3O2/c1-10(2,9(15)16)8-12-7-5-6(11)3-4-14(7)13-8/h3-5H,1-2H3,(H,15,16). The van der Waals surface area contributed by atoms with E-state index in [-0.39, 0.29) is 5.82 Å². The Morgan fingerprint density at radius 3 is 2.88 bits per heavy atom. The van der Waals surface area contributed by atoms with Crippen LogP contribution in [0.1, 0.15) is 19.7 Å². The average Bonchev–Trinajstić information content (AvgIpc) is 2.60.